The Morgan fingerprint density at radius 1 is 1.40 bits per heavy atom. The zero-order chi connectivity index (χ0) is 10.8. The van der Waals surface area contributed by atoms with Crippen LogP contribution in [0.25, 0.3) is 0 Å². The fourth-order valence-electron chi connectivity index (χ4n) is 2.33. The van der Waals surface area contributed by atoms with Crippen LogP contribution in [-0.2, 0) is 0 Å². The van der Waals surface area contributed by atoms with E-state index in [0.717, 1.165) is 5.92 Å². The Bertz CT molecular complexity index is 250. The first-order chi connectivity index (χ1) is 7.16. The van der Waals surface area contributed by atoms with Crippen molar-refractivity contribution < 1.29 is 0 Å². The summed E-state index contributed by atoms with van der Waals surface area (Å²) in [5, 5.41) is 4.83. The quantitative estimate of drug-likeness (QED) is 0.783. The second-order valence-electron chi connectivity index (χ2n) is 5.22. The molecule has 3 unspecified atom stereocenters. The lowest BCUT2D eigenvalue weighted by Crippen LogP contribution is -2.34. The van der Waals surface area contributed by atoms with Crippen molar-refractivity contribution >= 4 is 16.9 Å². The lowest BCUT2D eigenvalue weighted by atomic mass is 10.1. The van der Waals surface area contributed by atoms with E-state index in [9.17, 15) is 0 Å². The third kappa shape index (κ3) is 2.68. The maximum absolute atomic E-state index is 4.75. The van der Waals surface area contributed by atoms with Crippen molar-refractivity contribution in [3.8, 4) is 0 Å². The van der Waals surface area contributed by atoms with E-state index in [2.05, 4.69) is 26.1 Å². The molecule has 1 heterocycles. The Hall–Kier alpha value is -0.180. The molecule has 1 saturated carbocycles. The summed E-state index contributed by atoms with van der Waals surface area (Å²) in [7, 11) is 0. The Balaban J connectivity index is 1.87. The monoisotopic (exact) mass is 226 g/mol. The third-order valence-corrected chi connectivity index (χ3v) is 4.62. The van der Waals surface area contributed by atoms with Crippen LogP contribution in [0.3, 0.4) is 0 Å². The average molecular weight is 226 g/mol. The van der Waals surface area contributed by atoms with Gasteiger partial charge in [0.25, 0.3) is 0 Å². The summed E-state index contributed by atoms with van der Waals surface area (Å²) in [4.78, 5) is 4.75. The molecular formula is C12H22N2S. The maximum Gasteiger partial charge on any atom is 0.157 e. The topological polar surface area (TPSA) is 24.4 Å². The van der Waals surface area contributed by atoms with Crippen molar-refractivity contribution in [2.75, 3.05) is 5.75 Å². The zero-order valence-electron chi connectivity index (χ0n) is 9.99. The molecule has 0 aromatic heterocycles. The van der Waals surface area contributed by atoms with Gasteiger partial charge in [0.2, 0.25) is 0 Å². The summed E-state index contributed by atoms with van der Waals surface area (Å²) >= 11 is 1.91. The Morgan fingerprint density at radius 3 is 2.73 bits per heavy atom. The van der Waals surface area contributed by atoms with E-state index in [1.54, 1.807) is 0 Å². The highest BCUT2D eigenvalue weighted by atomic mass is 32.2. The summed E-state index contributed by atoms with van der Waals surface area (Å²) in [6.07, 6.45) is 4.08. The SMILES string of the molecule is CC(C)C1CSC(NC2CCCC2C)=N1. The fourth-order valence-corrected chi connectivity index (χ4v) is 3.56. The van der Waals surface area contributed by atoms with Crippen LogP contribution in [0.15, 0.2) is 4.99 Å². The molecule has 15 heavy (non-hydrogen) atoms. The number of hydrogen-bond acceptors (Lipinski definition) is 3. The molecule has 1 aliphatic carbocycles. The lowest BCUT2D eigenvalue weighted by Gasteiger charge is -2.17. The molecule has 3 heteroatoms. The van der Waals surface area contributed by atoms with E-state index in [0.29, 0.717) is 18.0 Å². The molecular weight excluding hydrogens is 204 g/mol. The Kier molecular flexibility index (Phi) is 3.60. The summed E-state index contributed by atoms with van der Waals surface area (Å²) in [6, 6.07) is 1.22. The number of nitrogens with zero attached hydrogens (tertiary/aromatic N) is 1. The second-order valence-corrected chi connectivity index (χ2v) is 6.22. The minimum Gasteiger partial charge on any atom is -0.362 e. The molecule has 2 nitrogen and oxygen atoms in total. The van der Waals surface area contributed by atoms with Crippen molar-refractivity contribution in [3.63, 3.8) is 0 Å². The van der Waals surface area contributed by atoms with E-state index >= 15 is 0 Å². The van der Waals surface area contributed by atoms with Gasteiger partial charge in [0.05, 0.1) is 6.04 Å². The predicted molar refractivity (Wildman–Crippen MR) is 68.5 cm³/mol. The summed E-state index contributed by atoms with van der Waals surface area (Å²) < 4.78 is 0. The van der Waals surface area contributed by atoms with Gasteiger partial charge in [-0.3, -0.25) is 4.99 Å². The van der Waals surface area contributed by atoms with Crippen LogP contribution < -0.4 is 5.32 Å². The molecule has 0 amide bonds. The molecule has 0 saturated heterocycles. The van der Waals surface area contributed by atoms with Crippen LogP contribution in [0.2, 0.25) is 0 Å². The minimum absolute atomic E-state index is 0.536. The number of aliphatic imine (C=N–C) groups is 1. The van der Waals surface area contributed by atoms with Gasteiger partial charge in [0.15, 0.2) is 5.17 Å². The molecule has 0 aromatic carbocycles. The zero-order valence-corrected chi connectivity index (χ0v) is 10.8. The van der Waals surface area contributed by atoms with Crippen LogP contribution in [0.1, 0.15) is 40.0 Å². The van der Waals surface area contributed by atoms with Gasteiger partial charge in [0, 0.05) is 11.8 Å². The smallest absolute Gasteiger partial charge is 0.157 e. The van der Waals surface area contributed by atoms with Crippen LogP contribution in [0.4, 0.5) is 0 Å². The molecule has 86 valence electrons. The van der Waals surface area contributed by atoms with Gasteiger partial charge >= 0.3 is 0 Å². The molecule has 3 atom stereocenters. The summed E-state index contributed by atoms with van der Waals surface area (Å²) in [6.45, 7) is 6.87. The first kappa shape index (κ1) is 11.3. The minimum atomic E-state index is 0.536. The van der Waals surface area contributed by atoms with E-state index in [1.807, 2.05) is 11.8 Å². The van der Waals surface area contributed by atoms with Crippen molar-refractivity contribution in [2.45, 2.75) is 52.1 Å². The molecule has 0 bridgehead atoms. The average Bonchev–Trinajstić information content (AvgIpc) is 2.77. The molecule has 0 aromatic rings. The second kappa shape index (κ2) is 4.77. The van der Waals surface area contributed by atoms with Gasteiger partial charge in [-0.25, -0.2) is 0 Å². The van der Waals surface area contributed by atoms with Crippen LogP contribution in [-0.4, -0.2) is 23.0 Å². The van der Waals surface area contributed by atoms with Crippen LogP contribution in [0, 0.1) is 11.8 Å². The largest absolute Gasteiger partial charge is 0.362 e. The first-order valence-corrected chi connectivity index (χ1v) is 7.12. The number of amidine groups is 1. The summed E-state index contributed by atoms with van der Waals surface area (Å²) in [5.41, 5.74) is 0. The number of thioether (sulfide) groups is 1. The molecule has 2 rings (SSSR count). The van der Waals surface area contributed by atoms with Gasteiger partial charge < -0.3 is 5.32 Å². The van der Waals surface area contributed by atoms with Crippen LogP contribution in [0.5, 0.6) is 0 Å². The van der Waals surface area contributed by atoms with E-state index in [4.69, 9.17) is 4.99 Å². The standard InChI is InChI=1S/C12H22N2S/c1-8(2)11-7-15-12(14-11)13-10-6-4-5-9(10)3/h8-11H,4-7H2,1-3H3,(H,13,14). The molecule has 1 N–H and O–H groups in total. The van der Waals surface area contributed by atoms with Gasteiger partial charge in [-0.1, -0.05) is 39.0 Å². The van der Waals surface area contributed by atoms with E-state index in [-0.39, 0.29) is 0 Å². The maximum atomic E-state index is 4.75. The third-order valence-electron chi connectivity index (χ3n) is 3.61. The predicted octanol–water partition coefficient (Wildman–Crippen LogP) is 2.89. The van der Waals surface area contributed by atoms with Gasteiger partial charge in [-0.2, -0.15) is 0 Å². The molecule has 0 spiro atoms. The number of rotatable bonds is 2. The number of nitrogens with one attached hydrogen (secondary N) is 1. The van der Waals surface area contributed by atoms with Gasteiger partial charge in [-0.15, -0.1) is 0 Å². The molecule has 2 aliphatic rings. The highest BCUT2D eigenvalue weighted by Gasteiger charge is 2.27. The first-order valence-electron chi connectivity index (χ1n) is 6.14. The Labute approximate surface area is 97.3 Å². The normalized spacial score (nSPS) is 36.0. The molecule has 0 radical (unpaired) electrons. The van der Waals surface area contributed by atoms with Crippen molar-refractivity contribution in [3.05, 3.63) is 0 Å². The fraction of sp³-hybridized carbons (Fsp3) is 0.917. The van der Waals surface area contributed by atoms with Crippen LogP contribution >= 0.6 is 11.8 Å². The van der Waals surface area contributed by atoms with Crippen molar-refractivity contribution in [1.82, 2.24) is 5.32 Å². The highest BCUT2D eigenvalue weighted by molar-refractivity contribution is 8.14. The highest BCUT2D eigenvalue weighted by Crippen LogP contribution is 2.28. The molecule has 1 fully saturated rings. The molecule has 1 aliphatic heterocycles. The van der Waals surface area contributed by atoms with Gasteiger partial charge in [-0.05, 0) is 24.7 Å². The van der Waals surface area contributed by atoms with E-state index in [1.165, 1.54) is 30.2 Å². The van der Waals surface area contributed by atoms with Crippen molar-refractivity contribution in [1.29, 1.82) is 0 Å². The van der Waals surface area contributed by atoms with Crippen molar-refractivity contribution in [2.24, 2.45) is 16.8 Å². The van der Waals surface area contributed by atoms with E-state index < -0.39 is 0 Å². The summed E-state index contributed by atoms with van der Waals surface area (Å²) in [5.74, 6) is 2.67. The van der Waals surface area contributed by atoms with Gasteiger partial charge in [0.1, 0.15) is 0 Å². The lowest BCUT2D eigenvalue weighted by molar-refractivity contribution is 0.486. The Morgan fingerprint density at radius 2 is 2.20 bits per heavy atom. The number of hydrogen-bond donors (Lipinski definition) is 1.